The molecule has 5 nitrogen and oxygen atoms in total. The highest BCUT2D eigenvalue weighted by molar-refractivity contribution is 5.78. The average Bonchev–Trinajstić information content (AvgIpc) is 2.81. The lowest BCUT2D eigenvalue weighted by atomic mass is 9.88. The molecule has 1 aliphatic heterocycles. The lowest BCUT2D eigenvalue weighted by molar-refractivity contribution is -0.119. The van der Waals surface area contributed by atoms with Crippen LogP contribution in [0.4, 0.5) is 0 Å². The predicted molar refractivity (Wildman–Crippen MR) is 72.8 cm³/mol. The van der Waals surface area contributed by atoms with E-state index >= 15 is 0 Å². The highest BCUT2D eigenvalue weighted by Gasteiger charge is 2.24. The number of aliphatic hydroxyl groups excluding tert-OH is 1. The van der Waals surface area contributed by atoms with Crippen molar-refractivity contribution in [2.45, 2.75) is 57.3 Å². The second-order valence-electron chi connectivity index (χ2n) is 5.90. The summed E-state index contributed by atoms with van der Waals surface area (Å²) in [6.45, 7) is 3.76. The van der Waals surface area contributed by atoms with Crippen LogP contribution in [0, 0.1) is 5.92 Å². The highest BCUT2D eigenvalue weighted by Crippen LogP contribution is 2.26. The van der Waals surface area contributed by atoms with E-state index in [0.29, 0.717) is 38.1 Å². The summed E-state index contributed by atoms with van der Waals surface area (Å²) in [6.07, 6.45) is 5.19. The summed E-state index contributed by atoms with van der Waals surface area (Å²) < 4.78 is 5.82. The zero-order valence-electron chi connectivity index (χ0n) is 11.7. The zero-order valence-corrected chi connectivity index (χ0v) is 11.7. The molecule has 0 spiro atoms. The van der Waals surface area contributed by atoms with Crippen molar-refractivity contribution >= 4 is 5.91 Å². The lowest BCUT2D eigenvalue weighted by Crippen LogP contribution is -2.39. The fourth-order valence-corrected chi connectivity index (χ4v) is 2.88. The van der Waals surface area contributed by atoms with Crippen molar-refractivity contribution in [3.8, 4) is 0 Å². The highest BCUT2D eigenvalue weighted by atomic mass is 16.5. The van der Waals surface area contributed by atoms with Gasteiger partial charge in [-0.3, -0.25) is 4.79 Å². The van der Waals surface area contributed by atoms with E-state index < -0.39 is 6.10 Å². The van der Waals surface area contributed by atoms with E-state index in [0.717, 1.165) is 6.42 Å². The number of nitrogens with one attached hydrogen (secondary N) is 2. The summed E-state index contributed by atoms with van der Waals surface area (Å²) in [5.41, 5.74) is 0. The minimum Gasteiger partial charge on any atom is -0.389 e. The number of rotatable bonds is 6. The third kappa shape index (κ3) is 4.75. The average molecular weight is 270 g/mol. The van der Waals surface area contributed by atoms with Gasteiger partial charge in [-0.15, -0.1) is 0 Å². The summed E-state index contributed by atoms with van der Waals surface area (Å²) in [4.78, 5) is 11.0. The molecule has 0 radical (unpaired) electrons. The first-order chi connectivity index (χ1) is 9.15. The molecular formula is C14H26N2O3. The molecular weight excluding hydrogens is 244 g/mol. The molecule has 2 aliphatic rings. The van der Waals surface area contributed by atoms with Crippen LogP contribution in [-0.4, -0.2) is 49.0 Å². The van der Waals surface area contributed by atoms with Gasteiger partial charge in [-0.1, -0.05) is 19.8 Å². The van der Waals surface area contributed by atoms with Gasteiger partial charge in [0.05, 0.1) is 18.8 Å². The Hall–Kier alpha value is -0.650. The Bertz CT molecular complexity index is 298. The molecule has 1 amide bonds. The molecule has 0 aromatic heterocycles. The van der Waals surface area contributed by atoms with Gasteiger partial charge in [0.1, 0.15) is 0 Å². The van der Waals surface area contributed by atoms with E-state index in [1.807, 2.05) is 0 Å². The zero-order chi connectivity index (χ0) is 13.7. The molecule has 1 saturated heterocycles. The number of carbonyl (C=O) groups excluding carboxylic acids is 1. The van der Waals surface area contributed by atoms with Crippen LogP contribution in [0.2, 0.25) is 0 Å². The third-order valence-corrected chi connectivity index (χ3v) is 4.16. The molecule has 5 heteroatoms. The normalized spacial score (nSPS) is 33.2. The van der Waals surface area contributed by atoms with Gasteiger partial charge in [0.15, 0.2) is 0 Å². The summed E-state index contributed by atoms with van der Waals surface area (Å²) >= 11 is 0. The van der Waals surface area contributed by atoms with Crippen molar-refractivity contribution in [2.75, 3.05) is 19.7 Å². The van der Waals surface area contributed by atoms with Crippen molar-refractivity contribution in [1.82, 2.24) is 10.6 Å². The van der Waals surface area contributed by atoms with Crippen molar-refractivity contribution in [1.29, 1.82) is 0 Å². The summed E-state index contributed by atoms with van der Waals surface area (Å²) in [7, 11) is 0. The van der Waals surface area contributed by atoms with Gasteiger partial charge in [-0.05, 0) is 18.8 Å². The van der Waals surface area contributed by atoms with Crippen LogP contribution in [0.5, 0.6) is 0 Å². The summed E-state index contributed by atoms with van der Waals surface area (Å²) in [5.74, 6) is 0.685. The minimum absolute atomic E-state index is 0.0827. The van der Waals surface area contributed by atoms with Crippen LogP contribution < -0.4 is 10.6 Å². The topological polar surface area (TPSA) is 70.6 Å². The molecule has 0 bridgehead atoms. The van der Waals surface area contributed by atoms with Gasteiger partial charge in [0.2, 0.25) is 5.91 Å². The molecule has 1 saturated carbocycles. The van der Waals surface area contributed by atoms with Gasteiger partial charge in [0.25, 0.3) is 0 Å². The molecule has 19 heavy (non-hydrogen) atoms. The molecule has 2 rings (SSSR count). The van der Waals surface area contributed by atoms with Crippen LogP contribution in [-0.2, 0) is 9.53 Å². The van der Waals surface area contributed by atoms with E-state index in [1.54, 1.807) is 0 Å². The lowest BCUT2D eigenvalue weighted by Gasteiger charge is -2.29. The van der Waals surface area contributed by atoms with Gasteiger partial charge in [-0.2, -0.15) is 0 Å². The van der Waals surface area contributed by atoms with Crippen LogP contribution in [0.3, 0.4) is 0 Å². The standard InChI is InChI=1S/C14H26N2O3/c1-10-4-2-3-5-13(10)19-9-12(17)8-15-11-6-14(18)16-7-11/h10-13,15,17H,2-9H2,1H3,(H,16,18). The van der Waals surface area contributed by atoms with Crippen molar-refractivity contribution < 1.29 is 14.6 Å². The van der Waals surface area contributed by atoms with Crippen molar-refractivity contribution in [3.63, 3.8) is 0 Å². The largest absolute Gasteiger partial charge is 0.389 e. The summed E-state index contributed by atoms with van der Waals surface area (Å²) in [5, 5.41) is 15.9. The second kappa shape index (κ2) is 7.22. The quantitative estimate of drug-likeness (QED) is 0.654. The molecule has 0 aromatic carbocycles. The number of ether oxygens (including phenoxy) is 1. The van der Waals surface area contributed by atoms with Gasteiger partial charge >= 0.3 is 0 Å². The second-order valence-corrected chi connectivity index (χ2v) is 5.90. The predicted octanol–water partition coefficient (Wildman–Crippen LogP) is 0.421. The number of carbonyl (C=O) groups is 1. The Morgan fingerprint density at radius 3 is 2.95 bits per heavy atom. The number of hydrogen-bond acceptors (Lipinski definition) is 4. The van der Waals surface area contributed by atoms with Gasteiger partial charge in [-0.25, -0.2) is 0 Å². The molecule has 1 aliphatic carbocycles. The fourth-order valence-electron chi connectivity index (χ4n) is 2.88. The number of amides is 1. The number of aliphatic hydroxyl groups is 1. The van der Waals surface area contributed by atoms with Crippen LogP contribution in [0.1, 0.15) is 39.0 Å². The van der Waals surface area contributed by atoms with E-state index in [9.17, 15) is 9.90 Å². The molecule has 1 heterocycles. The molecule has 4 atom stereocenters. The first-order valence-electron chi connectivity index (χ1n) is 7.45. The molecule has 4 unspecified atom stereocenters. The SMILES string of the molecule is CC1CCCCC1OCC(O)CNC1CNC(=O)C1. The maximum absolute atomic E-state index is 11.0. The van der Waals surface area contributed by atoms with E-state index in [1.165, 1.54) is 19.3 Å². The third-order valence-electron chi connectivity index (χ3n) is 4.16. The van der Waals surface area contributed by atoms with Crippen molar-refractivity contribution in [2.24, 2.45) is 5.92 Å². The van der Waals surface area contributed by atoms with E-state index in [4.69, 9.17) is 4.74 Å². The van der Waals surface area contributed by atoms with Crippen molar-refractivity contribution in [3.05, 3.63) is 0 Å². The van der Waals surface area contributed by atoms with Crippen LogP contribution in [0.15, 0.2) is 0 Å². The first kappa shape index (κ1) is 14.8. The molecule has 110 valence electrons. The Morgan fingerprint density at radius 2 is 2.26 bits per heavy atom. The molecule has 2 fully saturated rings. The van der Waals surface area contributed by atoms with Gasteiger partial charge < -0.3 is 20.5 Å². The monoisotopic (exact) mass is 270 g/mol. The molecule has 0 aromatic rings. The van der Waals surface area contributed by atoms with Crippen LogP contribution in [0.25, 0.3) is 0 Å². The Morgan fingerprint density at radius 1 is 1.47 bits per heavy atom. The van der Waals surface area contributed by atoms with E-state index in [-0.39, 0.29) is 11.9 Å². The maximum atomic E-state index is 11.0. The smallest absolute Gasteiger partial charge is 0.221 e. The van der Waals surface area contributed by atoms with E-state index in [2.05, 4.69) is 17.6 Å². The Kier molecular flexibility index (Phi) is 5.60. The van der Waals surface area contributed by atoms with Crippen LogP contribution >= 0.6 is 0 Å². The number of hydrogen-bond donors (Lipinski definition) is 3. The van der Waals surface area contributed by atoms with Gasteiger partial charge in [0, 0.05) is 25.6 Å². The minimum atomic E-state index is -0.496. The molecule has 3 N–H and O–H groups in total. The first-order valence-corrected chi connectivity index (χ1v) is 7.45. The maximum Gasteiger partial charge on any atom is 0.221 e. The fraction of sp³-hybridized carbons (Fsp3) is 0.929. The summed E-state index contributed by atoms with van der Waals surface area (Å²) in [6, 6.07) is 0.149. The Balaban J connectivity index is 1.58. The Labute approximate surface area is 115 Å².